The highest BCUT2D eigenvalue weighted by atomic mass is 19.1. The Hall–Kier alpha value is -2.11. The van der Waals surface area contributed by atoms with Gasteiger partial charge in [-0.25, -0.2) is 9.18 Å². The number of methoxy groups -OCH3 is 1. The average Bonchev–Trinajstić information content (AvgIpc) is 2.97. The molecule has 5 nitrogen and oxygen atoms in total. The molecule has 0 saturated carbocycles. The number of amides is 1. The molecule has 1 amide bonds. The predicted molar refractivity (Wildman–Crippen MR) is 73.2 cm³/mol. The molecule has 1 aromatic rings. The van der Waals surface area contributed by atoms with Crippen molar-refractivity contribution >= 4 is 11.9 Å². The van der Waals surface area contributed by atoms with Gasteiger partial charge in [-0.15, -0.1) is 0 Å². The highest BCUT2D eigenvalue weighted by molar-refractivity contribution is 5.87. The third-order valence-electron chi connectivity index (χ3n) is 3.50. The second-order valence-electron chi connectivity index (χ2n) is 4.90. The van der Waals surface area contributed by atoms with E-state index in [4.69, 9.17) is 9.47 Å². The van der Waals surface area contributed by atoms with Crippen molar-refractivity contribution in [1.29, 1.82) is 0 Å². The van der Waals surface area contributed by atoms with Gasteiger partial charge in [-0.2, -0.15) is 0 Å². The van der Waals surface area contributed by atoms with Crippen molar-refractivity contribution in [3.05, 3.63) is 30.1 Å². The Bertz CT molecular complexity index is 534. The van der Waals surface area contributed by atoms with E-state index in [0.29, 0.717) is 13.0 Å². The van der Waals surface area contributed by atoms with Crippen molar-refractivity contribution in [3.8, 4) is 5.75 Å². The van der Waals surface area contributed by atoms with E-state index in [0.717, 1.165) is 6.42 Å². The fourth-order valence-corrected chi connectivity index (χ4v) is 2.43. The van der Waals surface area contributed by atoms with Crippen LogP contribution in [0.1, 0.15) is 19.8 Å². The predicted octanol–water partition coefficient (Wildman–Crippen LogP) is 1.76. The van der Waals surface area contributed by atoms with Gasteiger partial charge in [0, 0.05) is 6.54 Å². The molecule has 1 heterocycles. The van der Waals surface area contributed by atoms with E-state index in [1.54, 1.807) is 19.1 Å². The van der Waals surface area contributed by atoms with Crippen molar-refractivity contribution < 1.29 is 23.5 Å². The van der Waals surface area contributed by atoms with E-state index in [-0.39, 0.29) is 11.7 Å². The maximum absolute atomic E-state index is 13.5. The van der Waals surface area contributed by atoms with Crippen LogP contribution in [0.15, 0.2) is 24.3 Å². The fourth-order valence-electron chi connectivity index (χ4n) is 2.43. The van der Waals surface area contributed by atoms with Crippen LogP contribution in [0.2, 0.25) is 0 Å². The SMILES string of the molecule is COC(=O)C1CCCN1C(=O)C(C)Oc1ccccc1F. The fraction of sp³-hybridized carbons (Fsp3) is 0.467. The number of halogens is 1. The lowest BCUT2D eigenvalue weighted by molar-refractivity contribution is -0.153. The van der Waals surface area contributed by atoms with Gasteiger partial charge in [0.05, 0.1) is 7.11 Å². The number of hydrogen-bond acceptors (Lipinski definition) is 4. The summed E-state index contributed by atoms with van der Waals surface area (Å²) in [5.41, 5.74) is 0. The molecule has 0 radical (unpaired) electrons. The summed E-state index contributed by atoms with van der Waals surface area (Å²) in [7, 11) is 1.29. The zero-order valence-corrected chi connectivity index (χ0v) is 12.0. The molecule has 0 spiro atoms. The number of rotatable bonds is 4. The molecule has 0 aromatic heterocycles. The summed E-state index contributed by atoms with van der Waals surface area (Å²) in [5.74, 6) is -1.28. The normalized spacial score (nSPS) is 19.2. The van der Waals surface area contributed by atoms with Crippen LogP contribution in [-0.4, -0.2) is 42.6 Å². The van der Waals surface area contributed by atoms with Crippen LogP contribution in [0.3, 0.4) is 0 Å². The van der Waals surface area contributed by atoms with Gasteiger partial charge in [-0.3, -0.25) is 4.79 Å². The number of para-hydroxylation sites is 1. The third kappa shape index (κ3) is 3.32. The molecule has 6 heteroatoms. The van der Waals surface area contributed by atoms with Crippen LogP contribution in [0, 0.1) is 5.82 Å². The summed E-state index contributed by atoms with van der Waals surface area (Å²) in [6.45, 7) is 2.02. The molecule has 1 aliphatic rings. The standard InChI is InChI=1S/C15H18FNO4/c1-10(21-13-8-4-3-6-11(13)16)14(18)17-9-5-7-12(17)15(19)20-2/h3-4,6,8,10,12H,5,7,9H2,1-2H3. The number of ether oxygens (including phenoxy) is 2. The molecule has 1 aliphatic heterocycles. The first-order valence-electron chi connectivity index (χ1n) is 6.84. The summed E-state index contributed by atoms with van der Waals surface area (Å²) < 4.78 is 23.6. The molecule has 114 valence electrons. The van der Waals surface area contributed by atoms with E-state index in [2.05, 4.69) is 0 Å². The number of hydrogen-bond donors (Lipinski definition) is 0. The van der Waals surface area contributed by atoms with E-state index < -0.39 is 23.9 Å². The summed E-state index contributed by atoms with van der Waals surface area (Å²) in [6.07, 6.45) is 0.440. The lowest BCUT2D eigenvalue weighted by atomic mass is 10.2. The molecular formula is C15H18FNO4. The molecular weight excluding hydrogens is 277 g/mol. The minimum Gasteiger partial charge on any atom is -0.478 e. The second-order valence-corrected chi connectivity index (χ2v) is 4.90. The van der Waals surface area contributed by atoms with E-state index in [1.807, 2.05) is 0 Å². The number of esters is 1. The van der Waals surface area contributed by atoms with Crippen LogP contribution in [0.5, 0.6) is 5.75 Å². The van der Waals surface area contributed by atoms with Gasteiger partial charge in [0.1, 0.15) is 6.04 Å². The number of carbonyl (C=O) groups excluding carboxylic acids is 2. The van der Waals surface area contributed by atoms with Crippen LogP contribution in [-0.2, 0) is 14.3 Å². The Morgan fingerprint density at radius 1 is 1.38 bits per heavy atom. The second kappa shape index (κ2) is 6.56. The maximum atomic E-state index is 13.5. The van der Waals surface area contributed by atoms with Gasteiger partial charge in [0.2, 0.25) is 0 Å². The van der Waals surface area contributed by atoms with Gasteiger partial charge >= 0.3 is 5.97 Å². The van der Waals surface area contributed by atoms with E-state index in [9.17, 15) is 14.0 Å². The molecule has 2 atom stereocenters. The van der Waals surface area contributed by atoms with Gasteiger partial charge in [-0.1, -0.05) is 12.1 Å². The monoisotopic (exact) mass is 295 g/mol. The Balaban J connectivity index is 2.05. The zero-order chi connectivity index (χ0) is 15.4. The van der Waals surface area contributed by atoms with Crippen molar-refractivity contribution in [2.45, 2.75) is 31.9 Å². The minimum atomic E-state index is -0.868. The van der Waals surface area contributed by atoms with Gasteiger partial charge < -0.3 is 14.4 Å². The minimum absolute atomic E-state index is 0.0205. The van der Waals surface area contributed by atoms with Gasteiger partial charge in [0.25, 0.3) is 5.91 Å². The summed E-state index contributed by atoms with van der Waals surface area (Å²) in [4.78, 5) is 25.5. The summed E-state index contributed by atoms with van der Waals surface area (Å²) >= 11 is 0. The molecule has 1 saturated heterocycles. The first-order valence-corrected chi connectivity index (χ1v) is 6.84. The number of likely N-dealkylation sites (tertiary alicyclic amines) is 1. The lowest BCUT2D eigenvalue weighted by Crippen LogP contribution is -2.46. The highest BCUT2D eigenvalue weighted by Crippen LogP contribution is 2.22. The van der Waals surface area contributed by atoms with Crippen molar-refractivity contribution in [1.82, 2.24) is 4.90 Å². The maximum Gasteiger partial charge on any atom is 0.328 e. The molecule has 1 aromatic carbocycles. The molecule has 1 fully saturated rings. The summed E-state index contributed by atoms with van der Waals surface area (Å²) in [5, 5.41) is 0. The van der Waals surface area contributed by atoms with Crippen molar-refractivity contribution in [2.24, 2.45) is 0 Å². The highest BCUT2D eigenvalue weighted by Gasteiger charge is 2.37. The van der Waals surface area contributed by atoms with Crippen LogP contribution < -0.4 is 4.74 Å². The first-order chi connectivity index (χ1) is 10.0. The largest absolute Gasteiger partial charge is 0.478 e. The topological polar surface area (TPSA) is 55.8 Å². The Labute approximate surface area is 122 Å². The quantitative estimate of drug-likeness (QED) is 0.794. The smallest absolute Gasteiger partial charge is 0.328 e. The van der Waals surface area contributed by atoms with Crippen LogP contribution >= 0.6 is 0 Å². The Kier molecular flexibility index (Phi) is 4.77. The molecule has 0 aliphatic carbocycles. The van der Waals surface area contributed by atoms with Gasteiger partial charge in [-0.05, 0) is 31.9 Å². The number of benzene rings is 1. The molecule has 0 bridgehead atoms. The summed E-state index contributed by atoms with van der Waals surface area (Å²) in [6, 6.07) is 5.32. The van der Waals surface area contributed by atoms with E-state index >= 15 is 0 Å². The van der Waals surface area contributed by atoms with Gasteiger partial charge in [0.15, 0.2) is 17.7 Å². The first kappa shape index (κ1) is 15.3. The third-order valence-corrected chi connectivity index (χ3v) is 3.50. The van der Waals surface area contributed by atoms with Crippen LogP contribution in [0.4, 0.5) is 4.39 Å². The molecule has 2 rings (SSSR count). The van der Waals surface area contributed by atoms with Crippen LogP contribution in [0.25, 0.3) is 0 Å². The van der Waals surface area contributed by atoms with Crippen molar-refractivity contribution in [2.75, 3.05) is 13.7 Å². The van der Waals surface area contributed by atoms with Crippen molar-refractivity contribution in [3.63, 3.8) is 0 Å². The lowest BCUT2D eigenvalue weighted by Gasteiger charge is -2.26. The number of nitrogens with zero attached hydrogens (tertiary/aromatic N) is 1. The molecule has 2 unspecified atom stereocenters. The zero-order valence-electron chi connectivity index (χ0n) is 12.0. The van der Waals surface area contributed by atoms with E-state index in [1.165, 1.54) is 24.1 Å². The Morgan fingerprint density at radius 3 is 2.76 bits per heavy atom. The Morgan fingerprint density at radius 2 is 2.10 bits per heavy atom. The molecule has 21 heavy (non-hydrogen) atoms. The molecule has 0 N–H and O–H groups in total. The average molecular weight is 295 g/mol. The number of carbonyl (C=O) groups is 2.